The zero-order chi connectivity index (χ0) is 32.3. The lowest BCUT2D eigenvalue weighted by Crippen LogP contribution is -2.49. The molecule has 0 spiro atoms. The first-order valence-electron chi connectivity index (χ1n) is 13.9. The Kier molecular flexibility index (Phi) is 16.0. The van der Waals surface area contributed by atoms with Crippen LogP contribution in [0.3, 0.4) is 0 Å². The molecule has 0 unspecified atom stereocenters. The highest BCUT2D eigenvalue weighted by molar-refractivity contribution is 8.13. The molecule has 0 aliphatic heterocycles. The molecule has 0 heterocycles. The van der Waals surface area contributed by atoms with Crippen LogP contribution in [-0.2, 0) is 46.5 Å². The molecule has 6 N–H and O–H groups in total. The van der Waals surface area contributed by atoms with Crippen molar-refractivity contribution in [1.82, 2.24) is 21.3 Å². The van der Waals surface area contributed by atoms with Crippen LogP contribution in [-0.4, -0.2) is 79.0 Å². The van der Waals surface area contributed by atoms with E-state index in [0.29, 0.717) is 0 Å². The third-order valence-electron chi connectivity index (χ3n) is 6.07. The van der Waals surface area contributed by atoms with E-state index in [9.17, 15) is 28.8 Å². The number of nitrogens with two attached hydrogens (primary N) is 1. The van der Waals surface area contributed by atoms with Gasteiger partial charge in [0, 0.05) is 38.1 Å². The van der Waals surface area contributed by atoms with Crippen molar-refractivity contribution in [3.8, 4) is 0 Å². The normalized spacial score (nSPS) is 12.5. The summed E-state index contributed by atoms with van der Waals surface area (Å²) in [6, 6.07) is 15.2. The average Bonchev–Trinajstić information content (AvgIpc) is 3.02. The number of rotatable bonds is 17. The summed E-state index contributed by atoms with van der Waals surface area (Å²) >= 11 is 0.734. The van der Waals surface area contributed by atoms with Gasteiger partial charge in [-0.05, 0) is 18.1 Å². The third kappa shape index (κ3) is 13.7. The third-order valence-corrected chi connectivity index (χ3v) is 7.21. The number of methoxy groups -OCH3 is 1. The van der Waals surface area contributed by atoms with Crippen molar-refractivity contribution in [2.75, 3.05) is 26.0 Å². The highest BCUT2D eigenvalue weighted by Gasteiger charge is 2.26. The Labute approximate surface area is 260 Å². The highest BCUT2D eigenvalue weighted by atomic mass is 32.2. The van der Waals surface area contributed by atoms with E-state index in [1.165, 1.54) is 6.92 Å². The summed E-state index contributed by atoms with van der Waals surface area (Å²) in [5.74, 6) is -2.35. The standard InChI is InChI=1S/C30H39N5O8S/c1-20(33-30(41)43-18-22-11-7-4-8-12-22)29(40)44-19-24(28(39)42-2)35-26(37)14-16-32-27(38)23(34-25(36)13-15-31)17-21-9-5-3-6-10-21/h3-12,20,23-24H,13-19,31H2,1-2H3,(H,32,38)(H,33,41)(H,34,36)(H,35,37)/t20-,23-,24-/m0/s1. The van der Waals surface area contributed by atoms with Gasteiger partial charge >= 0.3 is 12.1 Å². The average molecular weight is 630 g/mol. The van der Waals surface area contributed by atoms with Crippen molar-refractivity contribution in [1.29, 1.82) is 0 Å². The van der Waals surface area contributed by atoms with Gasteiger partial charge in [-0.3, -0.25) is 19.2 Å². The lowest BCUT2D eigenvalue weighted by Gasteiger charge is -2.19. The van der Waals surface area contributed by atoms with Crippen molar-refractivity contribution in [3.05, 3.63) is 71.8 Å². The fourth-order valence-corrected chi connectivity index (χ4v) is 4.61. The molecule has 3 atom stereocenters. The molecule has 2 aromatic rings. The van der Waals surface area contributed by atoms with Gasteiger partial charge in [0.15, 0.2) is 0 Å². The van der Waals surface area contributed by atoms with Crippen LogP contribution in [0.25, 0.3) is 0 Å². The molecule has 2 rings (SSSR count). The zero-order valence-corrected chi connectivity index (χ0v) is 25.5. The molecule has 0 bridgehead atoms. The van der Waals surface area contributed by atoms with Gasteiger partial charge in [0.25, 0.3) is 0 Å². The number of carbonyl (C=O) groups is 6. The van der Waals surface area contributed by atoms with Gasteiger partial charge in [0.1, 0.15) is 18.7 Å². The van der Waals surface area contributed by atoms with E-state index < -0.39 is 47.1 Å². The van der Waals surface area contributed by atoms with Crippen molar-refractivity contribution < 1.29 is 38.2 Å². The lowest BCUT2D eigenvalue weighted by molar-refractivity contribution is -0.144. The predicted molar refractivity (Wildman–Crippen MR) is 164 cm³/mol. The minimum absolute atomic E-state index is 0.0359. The monoisotopic (exact) mass is 629 g/mol. The Morgan fingerprint density at radius 2 is 1.41 bits per heavy atom. The van der Waals surface area contributed by atoms with Crippen molar-refractivity contribution >= 4 is 46.7 Å². The Morgan fingerprint density at radius 1 is 0.818 bits per heavy atom. The first kappa shape index (κ1) is 35.8. The molecule has 0 aliphatic rings. The molecule has 14 heteroatoms. The maximum atomic E-state index is 12.8. The second kappa shape index (κ2) is 19.7. The van der Waals surface area contributed by atoms with E-state index in [2.05, 4.69) is 21.3 Å². The molecule has 0 saturated carbocycles. The highest BCUT2D eigenvalue weighted by Crippen LogP contribution is 2.10. The van der Waals surface area contributed by atoms with Crippen molar-refractivity contribution in [2.45, 2.75) is 50.9 Å². The van der Waals surface area contributed by atoms with Gasteiger partial charge in [-0.25, -0.2) is 9.59 Å². The quantitative estimate of drug-likeness (QED) is 0.156. The first-order valence-corrected chi connectivity index (χ1v) is 14.9. The fraction of sp³-hybridized carbons (Fsp3) is 0.400. The van der Waals surface area contributed by atoms with E-state index >= 15 is 0 Å². The van der Waals surface area contributed by atoms with Gasteiger partial charge in [0.2, 0.25) is 22.8 Å². The van der Waals surface area contributed by atoms with Crippen LogP contribution in [0, 0.1) is 0 Å². The summed E-state index contributed by atoms with van der Waals surface area (Å²) in [7, 11) is 1.15. The van der Waals surface area contributed by atoms with Gasteiger partial charge in [0.05, 0.1) is 13.2 Å². The van der Waals surface area contributed by atoms with E-state index in [-0.39, 0.29) is 50.6 Å². The Balaban J connectivity index is 1.82. The molecular formula is C30H39N5O8S. The van der Waals surface area contributed by atoms with Gasteiger partial charge in [-0.1, -0.05) is 72.4 Å². The molecule has 13 nitrogen and oxygen atoms in total. The van der Waals surface area contributed by atoms with Crippen LogP contribution >= 0.6 is 11.8 Å². The van der Waals surface area contributed by atoms with Gasteiger partial charge in [-0.2, -0.15) is 0 Å². The summed E-state index contributed by atoms with van der Waals surface area (Å²) in [5, 5.41) is 9.76. The number of esters is 1. The van der Waals surface area contributed by atoms with Crippen LogP contribution in [0.2, 0.25) is 0 Å². The SMILES string of the molecule is COC(=O)[C@H](CSC(=O)[C@H](C)NC(=O)OCc1ccccc1)NC(=O)CCNC(=O)[C@H](Cc1ccccc1)NC(=O)CCN. The number of hydrogen-bond donors (Lipinski definition) is 5. The minimum atomic E-state index is -1.16. The number of amides is 4. The van der Waals surface area contributed by atoms with Crippen LogP contribution in [0.15, 0.2) is 60.7 Å². The first-order chi connectivity index (χ1) is 21.1. The van der Waals surface area contributed by atoms with E-state index in [0.717, 1.165) is 30.0 Å². The van der Waals surface area contributed by atoms with E-state index in [1.54, 1.807) is 24.3 Å². The largest absolute Gasteiger partial charge is 0.467 e. The molecule has 238 valence electrons. The van der Waals surface area contributed by atoms with Gasteiger partial charge < -0.3 is 36.5 Å². The second-order valence-corrected chi connectivity index (χ2v) is 10.6. The van der Waals surface area contributed by atoms with Gasteiger partial charge in [-0.15, -0.1) is 0 Å². The number of benzene rings is 2. The molecular weight excluding hydrogens is 590 g/mol. The smallest absolute Gasteiger partial charge is 0.408 e. The molecule has 0 aliphatic carbocycles. The maximum absolute atomic E-state index is 12.8. The fourth-order valence-electron chi connectivity index (χ4n) is 3.75. The zero-order valence-electron chi connectivity index (χ0n) is 24.7. The maximum Gasteiger partial charge on any atom is 0.408 e. The Morgan fingerprint density at radius 3 is 2.02 bits per heavy atom. The Bertz CT molecular complexity index is 1250. The van der Waals surface area contributed by atoms with E-state index in [1.807, 2.05) is 36.4 Å². The van der Waals surface area contributed by atoms with Crippen LogP contribution < -0.4 is 27.0 Å². The molecule has 4 amide bonds. The van der Waals surface area contributed by atoms with Crippen molar-refractivity contribution in [3.63, 3.8) is 0 Å². The lowest BCUT2D eigenvalue weighted by atomic mass is 10.0. The van der Waals surface area contributed by atoms with Crippen molar-refractivity contribution in [2.24, 2.45) is 5.73 Å². The topological polar surface area (TPSA) is 195 Å². The number of carbonyl (C=O) groups excluding carboxylic acids is 6. The summed E-state index contributed by atoms with van der Waals surface area (Å²) in [6.45, 7) is 1.56. The Hall–Kier alpha value is -4.43. The predicted octanol–water partition coefficient (Wildman–Crippen LogP) is 0.802. The van der Waals surface area contributed by atoms with Crippen LogP contribution in [0.5, 0.6) is 0 Å². The molecule has 44 heavy (non-hydrogen) atoms. The molecule has 0 aromatic heterocycles. The minimum Gasteiger partial charge on any atom is -0.467 e. The molecule has 2 aromatic carbocycles. The molecule has 0 saturated heterocycles. The number of nitrogens with one attached hydrogen (secondary N) is 4. The van der Waals surface area contributed by atoms with E-state index in [4.69, 9.17) is 15.2 Å². The van der Waals surface area contributed by atoms with Crippen LogP contribution in [0.4, 0.5) is 4.79 Å². The number of thioether (sulfide) groups is 1. The molecule has 0 radical (unpaired) electrons. The number of alkyl carbamates (subject to hydrolysis) is 1. The summed E-state index contributed by atoms with van der Waals surface area (Å²) < 4.78 is 9.86. The summed E-state index contributed by atoms with van der Waals surface area (Å²) in [6.07, 6.45) is -0.662. The summed E-state index contributed by atoms with van der Waals surface area (Å²) in [4.78, 5) is 74.4. The number of hydrogen-bond acceptors (Lipinski definition) is 10. The molecule has 0 fully saturated rings. The summed E-state index contributed by atoms with van der Waals surface area (Å²) in [5.41, 5.74) is 7.06. The number of ether oxygens (including phenoxy) is 2. The van der Waals surface area contributed by atoms with Crippen LogP contribution in [0.1, 0.15) is 30.9 Å². The second-order valence-electron chi connectivity index (χ2n) is 9.59.